The fourth-order valence-electron chi connectivity index (χ4n) is 5.10. The number of ether oxygens (including phenoxy) is 1. The molecule has 1 aliphatic rings. The lowest BCUT2D eigenvalue weighted by molar-refractivity contribution is -0.137. The quantitative estimate of drug-likeness (QED) is 0.321. The van der Waals surface area contributed by atoms with Gasteiger partial charge in [-0.25, -0.2) is 0 Å². The lowest BCUT2D eigenvalue weighted by Gasteiger charge is -2.43. The molecule has 0 aliphatic carbocycles. The third kappa shape index (κ3) is 6.99. The Morgan fingerprint density at radius 1 is 1.02 bits per heavy atom. The molecule has 0 bridgehead atoms. The van der Waals surface area contributed by atoms with Crippen LogP contribution in [0.5, 0.6) is 5.75 Å². The molecule has 4 rings (SSSR count). The molecule has 42 heavy (non-hydrogen) atoms. The Labute approximate surface area is 248 Å². The minimum absolute atomic E-state index is 0.0217. The molecule has 1 fully saturated rings. The number of alkyl halides is 3. The number of nitrogens with two attached hydrogens (primary N) is 1. The molecule has 0 saturated carbocycles. The molecule has 3 aromatic rings. The van der Waals surface area contributed by atoms with Gasteiger partial charge in [-0.1, -0.05) is 36.7 Å². The average Bonchev–Trinajstić information content (AvgIpc) is 2.98. The lowest BCUT2D eigenvalue weighted by atomic mass is 9.98. The van der Waals surface area contributed by atoms with Crippen molar-refractivity contribution in [3.8, 4) is 16.9 Å². The number of piperazine rings is 1. The van der Waals surface area contributed by atoms with Crippen molar-refractivity contribution < 1.29 is 27.5 Å². The number of hydrogen-bond acceptors (Lipinski definition) is 5. The van der Waals surface area contributed by atoms with E-state index in [1.54, 1.807) is 4.90 Å². The fourth-order valence-corrected chi connectivity index (χ4v) is 5.36. The minimum atomic E-state index is -4.56. The monoisotopic (exact) mass is 602 g/mol. The van der Waals surface area contributed by atoms with Crippen LogP contribution in [0, 0.1) is 0 Å². The van der Waals surface area contributed by atoms with Crippen molar-refractivity contribution in [2.24, 2.45) is 5.73 Å². The Morgan fingerprint density at radius 2 is 1.79 bits per heavy atom. The second-order valence-electron chi connectivity index (χ2n) is 9.94. The van der Waals surface area contributed by atoms with Crippen molar-refractivity contribution in [3.63, 3.8) is 0 Å². The van der Waals surface area contributed by atoms with Gasteiger partial charge in [-0.3, -0.25) is 9.59 Å². The highest BCUT2D eigenvalue weighted by molar-refractivity contribution is 6.33. The molecule has 1 heterocycles. The van der Waals surface area contributed by atoms with E-state index in [1.165, 1.54) is 0 Å². The van der Waals surface area contributed by atoms with Crippen molar-refractivity contribution in [1.29, 1.82) is 0 Å². The van der Waals surface area contributed by atoms with Crippen LogP contribution < -0.4 is 20.7 Å². The van der Waals surface area contributed by atoms with E-state index in [0.717, 1.165) is 40.8 Å². The highest BCUT2D eigenvalue weighted by Crippen LogP contribution is 2.34. The van der Waals surface area contributed by atoms with Crippen molar-refractivity contribution >= 4 is 29.1 Å². The number of nitrogens with one attached hydrogen (secondary N) is 1. The van der Waals surface area contributed by atoms with Crippen LogP contribution in [0.25, 0.3) is 11.1 Å². The van der Waals surface area contributed by atoms with Gasteiger partial charge in [0.05, 0.1) is 28.3 Å². The van der Waals surface area contributed by atoms with Gasteiger partial charge in [0.25, 0.3) is 11.8 Å². The van der Waals surface area contributed by atoms with Gasteiger partial charge in [0.2, 0.25) is 0 Å². The Hall–Kier alpha value is -3.76. The molecule has 3 aromatic carbocycles. The van der Waals surface area contributed by atoms with E-state index in [9.17, 15) is 22.8 Å². The Morgan fingerprint density at radius 3 is 2.45 bits per heavy atom. The normalized spacial score (nSPS) is 15.5. The summed E-state index contributed by atoms with van der Waals surface area (Å²) in [6, 6.07) is 16.0. The topological polar surface area (TPSA) is 87.9 Å². The molecule has 0 aromatic heterocycles. The molecule has 1 aliphatic heterocycles. The molecular formula is C31H34ClF3N4O3. The number of hydrogen-bond donors (Lipinski definition) is 2. The van der Waals surface area contributed by atoms with E-state index in [1.807, 2.05) is 56.3 Å². The fraction of sp³-hybridized carbons (Fsp3) is 0.355. The summed E-state index contributed by atoms with van der Waals surface area (Å²) in [5.74, 6) is 0.0358. The van der Waals surface area contributed by atoms with E-state index < -0.39 is 17.6 Å². The minimum Gasteiger partial charge on any atom is -0.494 e. The highest BCUT2D eigenvalue weighted by atomic mass is 35.5. The Bertz CT molecular complexity index is 1430. The van der Waals surface area contributed by atoms with Crippen LogP contribution in [0.3, 0.4) is 0 Å². The first-order chi connectivity index (χ1) is 20.1. The predicted molar refractivity (Wildman–Crippen MR) is 158 cm³/mol. The Kier molecular flexibility index (Phi) is 10.0. The number of benzene rings is 3. The molecule has 0 spiro atoms. The summed E-state index contributed by atoms with van der Waals surface area (Å²) in [4.78, 5) is 30.3. The summed E-state index contributed by atoms with van der Waals surface area (Å²) < 4.78 is 44.9. The molecule has 224 valence electrons. The molecule has 3 N–H and O–H groups in total. The SMILES string of the molecule is CCOc1cccc(-c2ccc(N3CCN(C(=O)c4ccc(C(F)(F)F)cc4Cl)C[C@H]3CC)c(C(=O)NCCN)c2)c1. The summed E-state index contributed by atoms with van der Waals surface area (Å²) in [6.45, 7) is 6.07. The zero-order valence-electron chi connectivity index (χ0n) is 23.5. The summed E-state index contributed by atoms with van der Waals surface area (Å²) >= 11 is 6.12. The van der Waals surface area contributed by atoms with Crippen LogP contribution in [-0.2, 0) is 6.18 Å². The maximum absolute atomic E-state index is 13.3. The van der Waals surface area contributed by atoms with E-state index in [0.29, 0.717) is 51.3 Å². The molecule has 0 radical (unpaired) electrons. The molecule has 0 unspecified atom stereocenters. The van der Waals surface area contributed by atoms with Crippen LogP contribution in [0.15, 0.2) is 60.7 Å². The zero-order chi connectivity index (χ0) is 30.4. The van der Waals surface area contributed by atoms with Crippen molar-refractivity contribution in [3.05, 3.63) is 82.4 Å². The maximum atomic E-state index is 13.3. The first-order valence-corrected chi connectivity index (χ1v) is 14.2. The molecule has 7 nitrogen and oxygen atoms in total. The number of anilines is 1. The van der Waals surface area contributed by atoms with Gasteiger partial charge < -0.3 is 25.6 Å². The van der Waals surface area contributed by atoms with Crippen LogP contribution in [-0.4, -0.2) is 62.1 Å². The maximum Gasteiger partial charge on any atom is 0.416 e. The number of carbonyl (C=O) groups is 2. The van der Waals surface area contributed by atoms with Gasteiger partial charge in [0, 0.05) is 44.5 Å². The smallest absolute Gasteiger partial charge is 0.416 e. The molecule has 2 amide bonds. The number of rotatable bonds is 9. The van der Waals surface area contributed by atoms with E-state index in [-0.39, 0.29) is 22.5 Å². The van der Waals surface area contributed by atoms with Gasteiger partial charge in [-0.15, -0.1) is 0 Å². The summed E-state index contributed by atoms with van der Waals surface area (Å²) in [5.41, 5.74) is 7.69. The van der Waals surface area contributed by atoms with Gasteiger partial charge in [-0.2, -0.15) is 13.2 Å². The number of carbonyl (C=O) groups excluding carboxylic acids is 2. The third-order valence-corrected chi connectivity index (χ3v) is 7.54. The summed E-state index contributed by atoms with van der Waals surface area (Å²) in [7, 11) is 0. The van der Waals surface area contributed by atoms with Gasteiger partial charge in [-0.05, 0) is 66.9 Å². The van der Waals surface area contributed by atoms with E-state index in [4.69, 9.17) is 22.1 Å². The van der Waals surface area contributed by atoms with E-state index >= 15 is 0 Å². The highest BCUT2D eigenvalue weighted by Gasteiger charge is 2.34. The lowest BCUT2D eigenvalue weighted by Crippen LogP contribution is -2.55. The van der Waals surface area contributed by atoms with Crippen molar-refractivity contribution in [1.82, 2.24) is 10.2 Å². The Balaban J connectivity index is 1.62. The second kappa shape index (κ2) is 13.5. The van der Waals surface area contributed by atoms with Crippen LogP contribution >= 0.6 is 11.6 Å². The van der Waals surface area contributed by atoms with Gasteiger partial charge >= 0.3 is 6.18 Å². The van der Waals surface area contributed by atoms with E-state index in [2.05, 4.69) is 10.2 Å². The summed E-state index contributed by atoms with van der Waals surface area (Å²) in [5, 5.41) is 2.62. The summed E-state index contributed by atoms with van der Waals surface area (Å²) in [6.07, 6.45) is -3.90. The largest absolute Gasteiger partial charge is 0.494 e. The van der Waals surface area contributed by atoms with Crippen molar-refractivity contribution in [2.45, 2.75) is 32.5 Å². The van der Waals surface area contributed by atoms with Crippen molar-refractivity contribution in [2.75, 3.05) is 44.2 Å². The third-order valence-electron chi connectivity index (χ3n) is 7.23. The number of halogens is 4. The first-order valence-electron chi connectivity index (χ1n) is 13.9. The number of nitrogens with zero attached hydrogens (tertiary/aromatic N) is 2. The number of amides is 2. The molecule has 1 atom stereocenters. The molecule has 1 saturated heterocycles. The van der Waals surface area contributed by atoms with Crippen LogP contribution in [0.4, 0.5) is 18.9 Å². The zero-order valence-corrected chi connectivity index (χ0v) is 24.3. The average molecular weight is 603 g/mol. The predicted octanol–water partition coefficient (Wildman–Crippen LogP) is 5.85. The first kappa shape index (κ1) is 31.2. The molecule has 11 heteroatoms. The van der Waals surface area contributed by atoms with Gasteiger partial charge in [0.1, 0.15) is 5.75 Å². The van der Waals surface area contributed by atoms with Crippen LogP contribution in [0.2, 0.25) is 5.02 Å². The second-order valence-corrected chi connectivity index (χ2v) is 10.3. The standard InChI is InChI=1S/C31H34ClF3N4O3/c1-3-23-19-38(30(41)25-10-9-22(18-27(25)32)31(33,34)35)14-15-39(23)28-11-8-21(17-26(28)29(40)37-13-12-36)20-6-5-7-24(16-20)42-4-2/h5-11,16-18,23H,3-4,12-15,19,36H2,1-2H3,(H,37,40)/t23-/m1/s1. The molecular weight excluding hydrogens is 569 g/mol. The van der Waals surface area contributed by atoms with Gasteiger partial charge in [0.15, 0.2) is 0 Å². The van der Waals surface area contributed by atoms with Crippen LogP contribution in [0.1, 0.15) is 46.5 Å².